The Balaban J connectivity index is 0.963. The Hall–Kier alpha value is -7.50. The Labute approximate surface area is 354 Å². The van der Waals surface area contributed by atoms with E-state index in [4.69, 9.17) is 4.74 Å². The second-order valence-electron chi connectivity index (χ2n) is 17.1. The van der Waals surface area contributed by atoms with E-state index in [0.717, 1.165) is 47.8 Å². The molecule has 61 heavy (non-hydrogen) atoms. The second-order valence-corrected chi connectivity index (χ2v) is 17.1. The van der Waals surface area contributed by atoms with E-state index >= 15 is 0 Å². The van der Waals surface area contributed by atoms with Crippen LogP contribution in [-0.4, -0.2) is 4.57 Å². The molecule has 5 heteroatoms. The Morgan fingerprint density at radius 1 is 0.639 bits per heavy atom. The number of aromatic nitrogens is 1. The summed E-state index contributed by atoms with van der Waals surface area (Å²) in [6, 6.07) is 62.4. The number of fused-ring (bicyclic) bond motifs is 13. The third-order valence-corrected chi connectivity index (χ3v) is 14.2. The summed E-state index contributed by atoms with van der Waals surface area (Å²) in [6.45, 7) is 0. The number of para-hydroxylation sites is 7. The number of ether oxygens (including phenoxy) is 1. The highest BCUT2D eigenvalue weighted by Gasteiger charge is 2.54. The first-order valence-corrected chi connectivity index (χ1v) is 21.6. The van der Waals surface area contributed by atoms with Gasteiger partial charge in [0.05, 0.1) is 27.8 Å². The zero-order valence-electron chi connectivity index (χ0n) is 33.4. The molecule has 290 valence electrons. The predicted molar refractivity (Wildman–Crippen MR) is 248 cm³/mol. The van der Waals surface area contributed by atoms with E-state index < -0.39 is 5.41 Å². The Bertz CT molecular complexity index is 3310. The van der Waals surface area contributed by atoms with Gasteiger partial charge in [-0.2, -0.15) is 0 Å². The molecule has 4 aliphatic heterocycles. The molecule has 3 atom stereocenters. The summed E-state index contributed by atoms with van der Waals surface area (Å²) in [6.07, 6.45) is 10.0. The van der Waals surface area contributed by atoms with Crippen molar-refractivity contribution >= 4 is 55.9 Å². The minimum atomic E-state index is -0.527. The number of rotatable bonds is 3. The third kappa shape index (κ3) is 4.35. The SMILES string of the molecule is C1=CC2=C(CC1)C1(C3=C(CC4C(=C3)N(c3ccc(C5Nc6ccccc6N5c5ccccc5)cc3)c3ccccc34)Oc3ccccc31)c1cccc3c4ccccc4n2c13. The van der Waals surface area contributed by atoms with Gasteiger partial charge in [0.1, 0.15) is 17.7 Å². The highest BCUT2D eigenvalue weighted by Crippen LogP contribution is 2.64. The van der Waals surface area contributed by atoms with Crippen LogP contribution in [0.4, 0.5) is 28.4 Å². The Morgan fingerprint density at radius 3 is 2.31 bits per heavy atom. The monoisotopic (exact) mass is 784 g/mol. The molecule has 2 aliphatic carbocycles. The quantitative estimate of drug-likeness (QED) is 0.193. The molecule has 5 heterocycles. The lowest BCUT2D eigenvalue weighted by Gasteiger charge is -2.48. The van der Waals surface area contributed by atoms with Crippen LogP contribution >= 0.6 is 0 Å². The molecule has 0 bridgehead atoms. The minimum Gasteiger partial charge on any atom is -0.461 e. The fourth-order valence-electron chi connectivity index (χ4n) is 11.9. The van der Waals surface area contributed by atoms with E-state index in [1.54, 1.807) is 0 Å². The van der Waals surface area contributed by atoms with Crippen LogP contribution in [0.3, 0.4) is 0 Å². The molecule has 6 aliphatic rings. The van der Waals surface area contributed by atoms with Gasteiger partial charge < -0.3 is 24.4 Å². The van der Waals surface area contributed by atoms with Crippen molar-refractivity contribution in [3.05, 3.63) is 233 Å². The molecular formula is C56H40N4O. The molecule has 7 aromatic carbocycles. The van der Waals surface area contributed by atoms with Crippen LogP contribution in [0.2, 0.25) is 0 Å². The van der Waals surface area contributed by atoms with Crippen molar-refractivity contribution in [1.29, 1.82) is 0 Å². The van der Waals surface area contributed by atoms with Gasteiger partial charge in [-0.1, -0.05) is 121 Å². The van der Waals surface area contributed by atoms with E-state index in [1.165, 1.54) is 78.0 Å². The fourth-order valence-corrected chi connectivity index (χ4v) is 11.9. The summed E-state index contributed by atoms with van der Waals surface area (Å²) in [7, 11) is 0. The minimum absolute atomic E-state index is 0.0370. The molecule has 0 amide bonds. The molecule has 0 radical (unpaired) electrons. The molecule has 0 saturated heterocycles. The summed E-state index contributed by atoms with van der Waals surface area (Å²) >= 11 is 0. The van der Waals surface area contributed by atoms with Crippen LogP contribution < -0.4 is 19.9 Å². The molecule has 8 aromatic rings. The Morgan fingerprint density at radius 2 is 1.39 bits per heavy atom. The maximum Gasteiger partial charge on any atom is 0.131 e. The van der Waals surface area contributed by atoms with Gasteiger partial charge in [-0.3, -0.25) is 0 Å². The average Bonchev–Trinajstić information content (AvgIpc) is 3.99. The summed E-state index contributed by atoms with van der Waals surface area (Å²) in [5.74, 6) is 2.20. The maximum absolute atomic E-state index is 7.15. The molecule has 0 fully saturated rings. The van der Waals surface area contributed by atoms with Gasteiger partial charge in [-0.25, -0.2) is 0 Å². The van der Waals surface area contributed by atoms with Crippen molar-refractivity contribution < 1.29 is 4.74 Å². The fraction of sp³-hybridized carbons (Fsp3) is 0.107. The Kier molecular flexibility index (Phi) is 6.71. The van der Waals surface area contributed by atoms with Crippen LogP contribution in [0, 0.1) is 0 Å². The first kappa shape index (κ1) is 33.3. The zero-order chi connectivity index (χ0) is 39.8. The van der Waals surface area contributed by atoms with Crippen molar-refractivity contribution in [3.8, 4) is 5.75 Å². The van der Waals surface area contributed by atoms with Crippen molar-refractivity contribution in [3.63, 3.8) is 0 Å². The largest absolute Gasteiger partial charge is 0.461 e. The number of hydrogen-bond acceptors (Lipinski definition) is 4. The van der Waals surface area contributed by atoms with Gasteiger partial charge in [0.15, 0.2) is 0 Å². The van der Waals surface area contributed by atoms with E-state index in [1.807, 2.05) is 0 Å². The van der Waals surface area contributed by atoms with Crippen LogP contribution in [0.5, 0.6) is 5.75 Å². The topological polar surface area (TPSA) is 32.7 Å². The van der Waals surface area contributed by atoms with Crippen LogP contribution in [-0.2, 0) is 5.41 Å². The maximum atomic E-state index is 7.15. The number of benzene rings is 7. The van der Waals surface area contributed by atoms with Crippen LogP contribution in [0.25, 0.3) is 27.5 Å². The van der Waals surface area contributed by atoms with Gasteiger partial charge in [-0.15, -0.1) is 0 Å². The van der Waals surface area contributed by atoms with Gasteiger partial charge >= 0.3 is 0 Å². The van der Waals surface area contributed by atoms with Gasteiger partial charge in [-0.05, 0) is 102 Å². The molecule has 1 spiro atoms. The van der Waals surface area contributed by atoms with Crippen molar-refractivity contribution in [2.24, 2.45) is 0 Å². The van der Waals surface area contributed by atoms with Gasteiger partial charge in [0.25, 0.3) is 0 Å². The summed E-state index contributed by atoms with van der Waals surface area (Å²) in [4.78, 5) is 4.95. The summed E-state index contributed by atoms with van der Waals surface area (Å²) in [5, 5.41) is 6.43. The van der Waals surface area contributed by atoms with Crippen molar-refractivity contribution in [2.45, 2.75) is 36.8 Å². The standard InChI is InChI=1S/C56H40N4O/c1-2-15-36(16-3-1)59-50-27-12-8-23-46(50)57-55(59)35-29-31-37(32-30-35)58-47-24-9-5-18-39(47)41-33-53-45(34-51(41)58)56(43-21-7-13-28-52(43)61-53)42-20-6-11-26-49(42)60-48-25-10-4-17-38(48)40-19-14-22-44(56)54(40)60/h1-5,7-19,21-32,34,41,55,57H,6,20,33H2. The molecule has 1 N–H and O–H groups in total. The van der Waals surface area contributed by atoms with E-state index in [0.29, 0.717) is 0 Å². The first-order chi connectivity index (χ1) is 30.3. The average molecular weight is 785 g/mol. The number of anilines is 5. The van der Waals surface area contributed by atoms with Crippen LogP contribution in [0.15, 0.2) is 211 Å². The second kappa shape index (κ2) is 12.3. The molecule has 14 rings (SSSR count). The molecule has 3 unspecified atom stereocenters. The zero-order valence-corrected chi connectivity index (χ0v) is 33.4. The third-order valence-electron chi connectivity index (χ3n) is 14.2. The summed E-state index contributed by atoms with van der Waals surface area (Å²) < 4.78 is 9.71. The van der Waals surface area contributed by atoms with Crippen molar-refractivity contribution in [2.75, 3.05) is 15.1 Å². The predicted octanol–water partition coefficient (Wildman–Crippen LogP) is 13.8. The van der Waals surface area contributed by atoms with Gasteiger partial charge in [0.2, 0.25) is 0 Å². The lowest BCUT2D eigenvalue weighted by atomic mass is 9.58. The van der Waals surface area contributed by atoms with E-state index in [2.05, 4.69) is 208 Å². The number of nitrogens with zero attached hydrogens (tertiary/aromatic N) is 3. The van der Waals surface area contributed by atoms with Crippen molar-refractivity contribution in [1.82, 2.24) is 4.57 Å². The van der Waals surface area contributed by atoms with Gasteiger partial charge in [0, 0.05) is 62.7 Å². The van der Waals surface area contributed by atoms with E-state index in [-0.39, 0.29) is 12.1 Å². The lowest BCUT2D eigenvalue weighted by Crippen LogP contribution is -2.41. The number of hydrogen-bond donors (Lipinski definition) is 1. The normalized spacial score (nSPS) is 21.4. The highest BCUT2D eigenvalue weighted by atomic mass is 16.5. The highest BCUT2D eigenvalue weighted by molar-refractivity contribution is 6.14. The molecule has 0 saturated carbocycles. The smallest absolute Gasteiger partial charge is 0.131 e. The first-order valence-electron chi connectivity index (χ1n) is 21.6. The lowest BCUT2D eigenvalue weighted by molar-refractivity contribution is 0.351. The molecule has 5 nitrogen and oxygen atoms in total. The summed E-state index contributed by atoms with van der Waals surface area (Å²) in [5.41, 5.74) is 18.4. The number of allylic oxidation sites excluding steroid dienone is 8. The number of nitrogens with one attached hydrogen (secondary N) is 1. The molecular weight excluding hydrogens is 745 g/mol. The van der Waals surface area contributed by atoms with Crippen LogP contribution in [0.1, 0.15) is 53.6 Å². The van der Waals surface area contributed by atoms with E-state index in [9.17, 15) is 0 Å². The molecule has 1 aromatic heterocycles.